The molecule has 0 aromatic rings. The van der Waals surface area contributed by atoms with Crippen LogP contribution in [0.25, 0.3) is 0 Å². The molecular formula is C8H13NO2S. The van der Waals surface area contributed by atoms with Crippen molar-refractivity contribution in [3.8, 4) is 6.07 Å². The van der Waals surface area contributed by atoms with Gasteiger partial charge in [0.1, 0.15) is 0 Å². The highest BCUT2D eigenvalue weighted by atomic mass is 32.2. The highest BCUT2D eigenvalue weighted by Crippen LogP contribution is 2.21. The molecule has 0 aliphatic heterocycles. The lowest BCUT2D eigenvalue weighted by atomic mass is 10.1. The molecule has 4 heteroatoms. The average molecular weight is 187 g/mol. The number of nitriles is 1. The van der Waals surface area contributed by atoms with Gasteiger partial charge in [0.15, 0.2) is 14.6 Å². The molecule has 0 aliphatic rings. The van der Waals surface area contributed by atoms with Gasteiger partial charge in [0.25, 0.3) is 0 Å². The molecule has 12 heavy (non-hydrogen) atoms. The molecule has 0 spiro atoms. The smallest absolute Gasteiger partial charge is 0.166 e. The highest BCUT2D eigenvalue weighted by Gasteiger charge is 2.34. The van der Waals surface area contributed by atoms with Crippen LogP contribution in [0.4, 0.5) is 0 Å². The number of allylic oxidation sites excluding steroid dienone is 1. The Kier molecular flexibility index (Phi) is 3.47. The van der Waals surface area contributed by atoms with E-state index in [9.17, 15) is 8.42 Å². The second kappa shape index (κ2) is 3.72. The summed E-state index contributed by atoms with van der Waals surface area (Å²) >= 11 is 0. The number of nitrogens with zero attached hydrogens (tertiary/aromatic N) is 1. The van der Waals surface area contributed by atoms with E-state index in [2.05, 4.69) is 6.58 Å². The molecule has 0 bridgehead atoms. The Morgan fingerprint density at radius 3 is 2.42 bits per heavy atom. The summed E-state index contributed by atoms with van der Waals surface area (Å²) in [6, 6.07) is 1.82. The molecule has 0 unspecified atom stereocenters. The van der Waals surface area contributed by atoms with E-state index in [0.29, 0.717) is 12.8 Å². The first-order valence-corrected chi connectivity index (χ1v) is 5.48. The van der Waals surface area contributed by atoms with E-state index < -0.39 is 14.6 Å². The molecule has 0 saturated carbocycles. The third-order valence-corrected chi connectivity index (χ3v) is 3.81. The summed E-state index contributed by atoms with van der Waals surface area (Å²) in [5.41, 5.74) is 0. The fourth-order valence-electron chi connectivity index (χ4n) is 0.702. The Morgan fingerprint density at radius 1 is 1.67 bits per heavy atom. The van der Waals surface area contributed by atoms with Crippen LogP contribution in [-0.4, -0.2) is 19.4 Å². The minimum absolute atomic E-state index is 0.311. The van der Waals surface area contributed by atoms with Crippen LogP contribution in [0.3, 0.4) is 0 Å². The van der Waals surface area contributed by atoms with E-state index in [4.69, 9.17) is 5.26 Å². The third-order valence-electron chi connectivity index (χ3n) is 1.88. The Bertz CT molecular complexity index is 300. The highest BCUT2D eigenvalue weighted by molar-refractivity contribution is 7.92. The van der Waals surface area contributed by atoms with Gasteiger partial charge in [0.2, 0.25) is 0 Å². The van der Waals surface area contributed by atoms with Crippen molar-refractivity contribution < 1.29 is 8.42 Å². The van der Waals surface area contributed by atoms with Crippen LogP contribution in [0.1, 0.15) is 19.8 Å². The largest absolute Gasteiger partial charge is 0.227 e. The fraction of sp³-hybridized carbons (Fsp3) is 0.625. The van der Waals surface area contributed by atoms with Gasteiger partial charge < -0.3 is 0 Å². The molecule has 0 radical (unpaired) electrons. The predicted molar refractivity (Wildman–Crippen MR) is 48.3 cm³/mol. The van der Waals surface area contributed by atoms with Crippen molar-refractivity contribution in [3.63, 3.8) is 0 Å². The van der Waals surface area contributed by atoms with Gasteiger partial charge in [0, 0.05) is 6.26 Å². The minimum atomic E-state index is -3.30. The second-order valence-corrected chi connectivity index (χ2v) is 5.39. The monoisotopic (exact) mass is 187 g/mol. The van der Waals surface area contributed by atoms with Crippen LogP contribution in [0.15, 0.2) is 12.7 Å². The zero-order valence-corrected chi connectivity index (χ0v) is 8.19. The van der Waals surface area contributed by atoms with E-state index in [-0.39, 0.29) is 0 Å². The Morgan fingerprint density at radius 2 is 2.17 bits per heavy atom. The second-order valence-electron chi connectivity index (χ2n) is 2.94. The Balaban J connectivity index is 4.73. The van der Waals surface area contributed by atoms with Crippen LogP contribution in [0.2, 0.25) is 0 Å². The summed E-state index contributed by atoms with van der Waals surface area (Å²) in [5, 5.41) is 8.68. The fourth-order valence-corrected chi connectivity index (χ4v) is 1.36. The molecule has 0 heterocycles. The molecule has 0 saturated heterocycles. The van der Waals surface area contributed by atoms with Gasteiger partial charge in [-0.05, 0) is 19.8 Å². The van der Waals surface area contributed by atoms with E-state index >= 15 is 0 Å². The maximum absolute atomic E-state index is 11.1. The predicted octanol–water partition coefficient (Wildman–Crippen LogP) is 1.28. The van der Waals surface area contributed by atoms with Crippen LogP contribution in [0.5, 0.6) is 0 Å². The van der Waals surface area contributed by atoms with Gasteiger partial charge in [-0.1, -0.05) is 6.08 Å². The lowest BCUT2D eigenvalue weighted by molar-refractivity contribution is 0.560. The molecule has 68 valence electrons. The van der Waals surface area contributed by atoms with E-state index in [1.807, 2.05) is 6.07 Å². The van der Waals surface area contributed by atoms with E-state index in [0.717, 1.165) is 6.26 Å². The summed E-state index contributed by atoms with van der Waals surface area (Å²) in [5.74, 6) is 0. The number of rotatable bonds is 4. The molecule has 0 N–H and O–H groups in total. The van der Waals surface area contributed by atoms with Crippen molar-refractivity contribution in [3.05, 3.63) is 12.7 Å². The Hall–Kier alpha value is -0.820. The summed E-state index contributed by atoms with van der Waals surface area (Å²) in [4.78, 5) is 0. The van der Waals surface area contributed by atoms with Crippen molar-refractivity contribution in [1.82, 2.24) is 0 Å². The standard InChI is InChI=1S/C8H13NO2S/c1-4-5-6-8(2,7-9)12(3,10)11/h4H,1,5-6H2,2-3H3/t8-/m1/s1. The van der Waals surface area contributed by atoms with Crippen molar-refractivity contribution >= 4 is 9.84 Å². The molecule has 0 aromatic heterocycles. The number of hydrogen-bond donors (Lipinski definition) is 0. The topological polar surface area (TPSA) is 57.9 Å². The van der Waals surface area contributed by atoms with Crippen LogP contribution < -0.4 is 0 Å². The lowest BCUT2D eigenvalue weighted by Crippen LogP contribution is -2.32. The minimum Gasteiger partial charge on any atom is -0.227 e. The first-order chi connectivity index (χ1) is 5.37. The van der Waals surface area contributed by atoms with Gasteiger partial charge in [0.05, 0.1) is 6.07 Å². The van der Waals surface area contributed by atoms with Crippen molar-refractivity contribution in [2.45, 2.75) is 24.5 Å². The van der Waals surface area contributed by atoms with Gasteiger partial charge >= 0.3 is 0 Å². The molecule has 0 aromatic carbocycles. The van der Waals surface area contributed by atoms with Crippen molar-refractivity contribution in [2.24, 2.45) is 0 Å². The van der Waals surface area contributed by atoms with Crippen LogP contribution in [-0.2, 0) is 9.84 Å². The molecular weight excluding hydrogens is 174 g/mol. The average Bonchev–Trinajstić information content (AvgIpc) is 1.98. The summed E-state index contributed by atoms with van der Waals surface area (Å²) < 4.78 is 21.0. The van der Waals surface area contributed by atoms with Gasteiger partial charge in [-0.15, -0.1) is 6.58 Å². The molecule has 3 nitrogen and oxygen atoms in total. The van der Waals surface area contributed by atoms with E-state index in [1.54, 1.807) is 6.08 Å². The number of sulfone groups is 1. The van der Waals surface area contributed by atoms with Crippen LogP contribution in [0, 0.1) is 11.3 Å². The zero-order chi connectivity index (χ0) is 9.83. The first-order valence-electron chi connectivity index (χ1n) is 3.59. The van der Waals surface area contributed by atoms with E-state index in [1.165, 1.54) is 6.92 Å². The quantitative estimate of drug-likeness (QED) is 0.623. The van der Waals surface area contributed by atoms with Crippen LogP contribution >= 0.6 is 0 Å². The molecule has 1 atom stereocenters. The lowest BCUT2D eigenvalue weighted by Gasteiger charge is -2.17. The van der Waals surface area contributed by atoms with Gasteiger partial charge in [-0.25, -0.2) is 8.42 Å². The molecule has 0 fully saturated rings. The molecule has 0 aliphatic carbocycles. The van der Waals surface area contributed by atoms with Gasteiger partial charge in [-0.2, -0.15) is 5.26 Å². The van der Waals surface area contributed by atoms with Crippen molar-refractivity contribution in [1.29, 1.82) is 5.26 Å². The third kappa shape index (κ3) is 2.35. The summed E-state index contributed by atoms with van der Waals surface area (Å²) in [7, 11) is -3.30. The summed E-state index contributed by atoms with van der Waals surface area (Å²) in [6.07, 6.45) is 3.54. The number of hydrogen-bond acceptors (Lipinski definition) is 3. The summed E-state index contributed by atoms with van der Waals surface area (Å²) in [6.45, 7) is 4.91. The normalized spacial score (nSPS) is 16.1. The van der Waals surface area contributed by atoms with Crippen molar-refractivity contribution in [2.75, 3.05) is 6.26 Å². The first kappa shape index (κ1) is 11.2. The molecule has 0 rings (SSSR count). The Labute approximate surface area is 73.6 Å². The zero-order valence-electron chi connectivity index (χ0n) is 7.37. The maximum Gasteiger partial charge on any atom is 0.166 e. The maximum atomic E-state index is 11.1. The molecule has 0 amide bonds. The SMILES string of the molecule is C=CCC[C@](C)(C#N)S(C)(=O)=O. The van der Waals surface area contributed by atoms with Gasteiger partial charge in [-0.3, -0.25) is 0 Å².